The molecule has 2 N–H and O–H groups in total. The van der Waals surface area contributed by atoms with Crippen molar-refractivity contribution in [2.75, 3.05) is 5.32 Å². The van der Waals surface area contributed by atoms with Crippen molar-refractivity contribution < 1.29 is 4.79 Å². The van der Waals surface area contributed by atoms with E-state index in [2.05, 4.69) is 35.2 Å². The third-order valence-corrected chi connectivity index (χ3v) is 6.65. The molecule has 0 saturated carbocycles. The second-order valence-electron chi connectivity index (χ2n) is 7.43. The van der Waals surface area contributed by atoms with Crippen LogP contribution < -0.4 is 10.9 Å². The molecule has 2 aliphatic rings. The average Bonchev–Trinajstić information content (AvgIpc) is 2.72. The molecule has 0 bridgehead atoms. The van der Waals surface area contributed by atoms with Gasteiger partial charge in [-0.25, -0.2) is 4.98 Å². The smallest absolute Gasteiger partial charge is 0.257 e. The number of ketones is 1. The fourth-order valence-electron chi connectivity index (χ4n) is 3.85. The van der Waals surface area contributed by atoms with Gasteiger partial charge in [-0.3, -0.25) is 9.59 Å². The van der Waals surface area contributed by atoms with Crippen LogP contribution in [0.3, 0.4) is 0 Å². The summed E-state index contributed by atoms with van der Waals surface area (Å²) in [6, 6.07) is 9.20. The highest BCUT2D eigenvalue weighted by Crippen LogP contribution is 2.43. The number of thioether (sulfide) groups is 1. The molecule has 0 saturated heterocycles. The Balaban J connectivity index is 1.88. The zero-order valence-corrected chi connectivity index (χ0v) is 17.2. The van der Waals surface area contributed by atoms with E-state index in [-0.39, 0.29) is 11.3 Å². The van der Waals surface area contributed by atoms with E-state index in [9.17, 15) is 9.59 Å². The summed E-state index contributed by atoms with van der Waals surface area (Å²) in [5.41, 5.74) is 3.12. The maximum atomic E-state index is 13.1. The Morgan fingerprint density at radius 3 is 2.72 bits per heavy atom. The first-order valence-electron chi connectivity index (χ1n) is 9.86. The Morgan fingerprint density at radius 1 is 1.28 bits per heavy atom. The highest BCUT2D eigenvalue weighted by Gasteiger charge is 2.37. The van der Waals surface area contributed by atoms with E-state index < -0.39 is 5.92 Å². The van der Waals surface area contributed by atoms with Gasteiger partial charge < -0.3 is 10.3 Å². The predicted octanol–water partition coefficient (Wildman–Crippen LogP) is 4.10. The summed E-state index contributed by atoms with van der Waals surface area (Å²) in [6.07, 6.45) is 3.00. The van der Waals surface area contributed by atoms with Crippen molar-refractivity contribution in [3.8, 4) is 6.07 Å². The highest BCUT2D eigenvalue weighted by atomic mass is 32.2. The summed E-state index contributed by atoms with van der Waals surface area (Å²) in [5, 5.41) is 13.3. The molecule has 0 unspecified atom stereocenters. The minimum Gasteiger partial charge on any atom is -0.343 e. The number of benzene rings is 1. The van der Waals surface area contributed by atoms with E-state index in [0.29, 0.717) is 39.3 Å². The number of fused-ring (bicyclic) bond motifs is 1. The molecule has 1 aromatic carbocycles. The molecular formula is C22H22N4O2S. The minimum absolute atomic E-state index is 0.0659. The summed E-state index contributed by atoms with van der Waals surface area (Å²) >= 11 is 1.54. The standard InChI is InChI=1S/C22H22N4O2S/c1-3-12(2)29-22-25-20-19(21(28)26-22)17(14-9-7-13(11-23)8-10-14)18-15(24-20)5-4-6-16(18)27/h7-10,12,17H,3-6H2,1-2H3,(H2,24,25,26,28)/t12-,17+/m0/s1. The Morgan fingerprint density at radius 2 is 2.03 bits per heavy atom. The number of carbonyl (C=O) groups excluding carboxylic acids is 1. The molecule has 0 spiro atoms. The molecule has 148 valence electrons. The second-order valence-corrected chi connectivity index (χ2v) is 8.86. The first-order chi connectivity index (χ1) is 14.0. The monoisotopic (exact) mass is 406 g/mol. The van der Waals surface area contributed by atoms with Crippen LogP contribution in [0.2, 0.25) is 0 Å². The van der Waals surface area contributed by atoms with Gasteiger partial charge in [0, 0.05) is 28.9 Å². The van der Waals surface area contributed by atoms with Gasteiger partial charge in [-0.1, -0.05) is 37.7 Å². The lowest BCUT2D eigenvalue weighted by Gasteiger charge is -2.32. The van der Waals surface area contributed by atoms with Crippen molar-refractivity contribution in [3.63, 3.8) is 0 Å². The molecule has 29 heavy (non-hydrogen) atoms. The van der Waals surface area contributed by atoms with E-state index in [1.165, 1.54) is 11.8 Å². The van der Waals surface area contributed by atoms with Crippen LogP contribution >= 0.6 is 11.8 Å². The topological polar surface area (TPSA) is 98.6 Å². The van der Waals surface area contributed by atoms with Crippen LogP contribution in [0.15, 0.2) is 45.5 Å². The van der Waals surface area contributed by atoms with Gasteiger partial charge in [0.15, 0.2) is 10.9 Å². The fourth-order valence-corrected chi connectivity index (χ4v) is 4.70. The number of aromatic amines is 1. The van der Waals surface area contributed by atoms with Crippen molar-refractivity contribution in [2.45, 2.75) is 55.9 Å². The maximum absolute atomic E-state index is 13.1. The van der Waals surface area contributed by atoms with Crippen LogP contribution in [0.1, 0.15) is 62.1 Å². The number of nitriles is 1. The van der Waals surface area contributed by atoms with Gasteiger partial charge >= 0.3 is 0 Å². The fraction of sp³-hybridized carbons (Fsp3) is 0.364. The van der Waals surface area contributed by atoms with Crippen LogP contribution in [0.4, 0.5) is 5.82 Å². The number of hydrogen-bond acceptors (Lipinski definition) is 6. The van der Waals surface area contributed by atoms with Gasteiger partial charge in [-0.2, -0.15) is 5.26 Å². The number of anilines is 1. The number of Topliss-reactive ketones (excluding diaryl/α,β-unsaturated/α-hetero) is 1. The van der Waals surface area contributed by atoms with Crippen LogP contribution in [0.5, 0.6) is 0 Å². The number of hydrogen-bond donors (Lipinski definition) is 2. The van der Waals surface area contributed by atoms with Gasteiger partial charge in [0.25, 0.3) is 5.56 Å². The minimum atomic E-state index is -0.472. The van der Waals surface area contributed by atoms with E-state index in [0.717, 1.165) is 30.5 Å². The summed E-state index contributed by atoms with van der Waals surface area (Å²) in [6.45, 7) is 4.19. The SMILES string of the molecule is CC[C@H](C)Sc1nc2c(c(=O)[nH]1)[C@H](c1ccc(C#N)cc1)C1=C(CCCC1=O)N2. The number of carbonyl (C=O) groups is 1. The van der Waals surface area contributed by atoms with Crippen molar-refractivity contribution in [1.29, 1.82) is 5.26 Å². The van der Waals surface area contributed by atoms with Gasteiger partial charge in [0.2, 0.25) is 0 Å². The zero-order chi connectivity index (χ0) is 20.5. The van der Waals surface area contributed by atoms with Crippen molar-refractivity contribution >= 4 is 23.4 Å². The summed E-state index contributed by atoms with van der Waals surface area (Å²) in [5.74, 6) is 0.124. The average molecular weight is 407 g/mol. The summed E-state index contributed by atoms with van der Waals surface area (Å²) in [7, 11) is 0. The lowest BCUT2D eigenvalue weighted by molar-refractivity contribution is -0.116. The molecular weight excluding hydrogens is 384 g/mol. The molecule has 2 aromatic rings. The number of H-pyrrole nitrogens is 1. The molecule has 7 heteroatoms. The van der Waals surface area contributed by atoms with Gasteiger partial charge in [0.05, 0.1) is 17.2 Å². The second kappa shape index (κ2) is 7.88. The molecule has 6 nitrogen and oxygen atoms in total. The van der Waals surface area contributed by atoms with Crippen LogP contribution in [0.25, 0.3) is 0 Å². The number of aromatic nitrogens is 2. The molecule has 4 rings (SSSR count). The van der Waals surface area contributed by atoms with E-state index in [1.807, 2.05) is 12.1 Å². The number of allylic oxidation sites excluding steroid dienone is 2. The Kier molecular flexibility index (Phi) is 5.29. The van der Waals surface area contributed by atoms with Gasteiger partial charge in [-0.15, -0.1) is 0 Å². The van der Waals surface area contributed by atoms with Crippen molar-refractivity contribution in [2.24, 2.45) is 0 Å². The Bertz CT molecular complexity index is 1100. The third kappa shape index (κ3) is 3.60. The lowest BCUT2D eigenvalue weighted by Crippen LogP contribution is -2.32. The van der Waals surface area contributed by atoms with Crippen molar-refractivity contribution in [3.05, 3.63) is 62.6 Å². The molecule has 1 aromatic heterocycles. The van der Waals surface area contributed by atoms with Crippen LogP contribution in [0, 0.1) is 11.3 Å². The van der Waals surface area contributed by atoms with Crippen LogP contribution in [-0.4, -0.2) is 21.0 Å². The first-order valence-corrected chi connectivity index (χ1v) is 10.7. The van der Waals surface area contributed by atoms with E-state index in [1.54, 1.807) is 12.1 Å². The lowest BCUT2D eigenvalue weighted by atomic mass is 9.76. The maximum Gasteiger partial charge on any atom is 0.257 e. The predicted molar refractivity (Wildman–Crippen MR) is 113 cm³/mol. The molecule has 0 amide bonds. The molecule has 2 atom stereocenters. The molecule has 1 aliphatic heterocycles. The Hall–Kier alpha value is -2.85. The normalized spacial score (nSPS) is 19.1. The first kappa shape index (κ1) is 19.5. The van der Waals surface area contributed by atoms with Crippen molar-refractivity contribution in [1.82, 2.24) is 9.97 Å². The Labute approximate surface area is 173 Å². The van der Waals surface area contributed by atoms with E-state index in [4.69, 9.17) is 5.26 Å². The molecule has 0 fully saturated rings. The third-order valence-electron chi connectivity index (χ3n) is 5.50. The largest absolute Gasteiger partial charge is 0.343 e. The van der Waals surface area contributed by atoms with Gasteiger partial charge in [-0.05, 0) is 37.0 Å². The number of nitrogens with zero attached hydrogens (tertiary/aromatic N) is 2. The summed E-state index contributed by atoms with van der Waals surface area (Å²) in [4.78, 5) is 33.5. The van der Waals surface area contributed by atoms with Crippen LogP contribution in [-0.2, 0) is 4.79 Å². The molecule has 2 heterocycles. The highest BCUT2D eigenvalue weighted by molar-refractivity contribution is 7.99. The number of nitrogens with one attached hydrogen (secondary N) is 2. The number of rotatable bonds is 4. The molecule has 0 radical (unpaired) electrons. The van der Waals surface area contributed by atoms with Gasteiger partial charge in [0.1, 0.15) is 5.82 Å². The summed E-state index contributed by atoms with van der Waals surface area (Å²) < 4.78 is 0. The quantitative estimate of drug-likeness (QED) is 0.586. The van der Waals surface area contributed by atoms with E-state index >= 15 is 0 Å². The zero-order valence-electron chi connectivity index (χ0n) is 16.4. The molecule has 1 aliphatic carbocycles.